The average molecular weight is 527 g/mol. The summed E-state index contributed by atoms with van der Waals surface area (Å²) in [7, 11) is 0. The van der Waals surface area contributed by atoms with Gasteiger partial charge in [0.25, 0.3) is 0 Å². The third-order valence-corrected chi connectivity index (χ3v) is 8.74. The Morgan fingerprint density at radius 2 is 1.44 bits per heavy atom. The predicted molar refractivity (Wildman–Crippen MR) is 172 cm³/mol. The van der Waals surface area contributed by atoms with Crippen LogP contribution in [0.15, 0.2) is 146 Å². The molecule has 0 aliphatic heterocycles. The number of anilines is 1. The topological polar surface area (TPSA) is 16.1 Å². The maximum absolute atomic E-state index is 4.50. The molecule has 2 heteroatoms. The molecule has 0 bridgehead atoms. The van der Waals surface area contributed by atoms with E-state index >= 15 is 0 Å². The summed E-state index contributed by atoms with van der Waals surface area (Å²) in [4.78, 5) is 7.00. The molecule has 5 aromatic rings. The molecule has 8 rings (SSSR count). The van der Waals surface area contributed by atoms with Gasteiger partial charge in [0.2, 0.25) is 0 Å². The van der Waals surface area contributed by atoms with E-state index in [-0.39, 0.29) is 6.04 Å². The Bertz CT molecular complexity index is 1880. The van der Waals surface area contributed by atoms with Crippen LogP contribution >= 0.6 is 0 Å². The fourth-order valence-electron chi connectivity index (χ4n) is 6.87. The summed E-state index contributed by atoms with van der Waals surface area (Å²) in [5.41, 5.74) is 13.1. The molecule has 0 N–H and O–H groups in total. The van der Waals surface area contributed by atoms with Gasteiger partial charge in [-0.05, 0) is 92.8 Å². The van der Waals surface area contributed by atoms with Crippen LogP contribution in [0.25, 0.3) is 44.2 Å². The molecule has 41 heavy (non-hydrogen) atoms. The van der Waals surface area contributed by atoms with Gasteiger partial charge in [-0.25, -0.2) is 0 Å². The largest absolute Gasteiger partial charge is 0.337 e. The summed E-state index contributed by atoms with van der Waals surface area (Å²) in [6.45, 7) is 0. The zero-order valence-electron chi connectivity index (χ0n) is 22.9. The van der Waals surface area contributed by atoms with Crippen LogP contribution in [0.3, 0.4) is 0 Å². The Kier molecular flexibility index (Phi) is 5.77. The number of hydrogen-bond donors (Lipinski definition) is 0. The van der Waals surface area contributed by atoms with Gasteiger partial charge in [0.1, 0.15) is 0 Å². The minimum Gasteiger partial charge on any atom is -0.337 e. The van der Waals surface area contributed by atoms with Crippen LogP contribution in [0, 0.1) is 0 Å². The van der Waals surface area contributed by atoms with Crippen molar-refractivity contribution < 1.29 is 0 Å². The van der Waals surface area contributed by atoms with Crippen LogP contribution in [-0.4, -0.2) is 11.0 Å². The Balaban J connectivity index is 1.21. The highest BCUT2D eigenvalue weighted by molar-refractivity contribution is 6.17. The average Bonchev–Trinajstić information content (AvgIpc) is 3.38. The third kappa shape index (κ3) is 4.06. The van der Waals surface area contributed by atoms with Crippen molar-refractivity contribution in [3.05, 3.63) is 157 Å². The van der Waals surface area contributed by atoms with Crippen LogP contribution in [0.2, 0.25) is 0 Å². The summed E-state index contributed by atoms with van der Waals surface area (Å²) in [5, 5.41) is 2.70. The van der Waals surface area contributed by atoms with Crippen LogP contribution in [0.5, 0.6) is 0 Å². The van der Waals surface area contributed by atoms with Gasteiger partial charge in [-0.2, -0.15) is 0 Å². The second-order valence-electron chi connectivity index (χ2n) is 11.1. The molecule has 0 amide bonds. The standard InChI is InChI=1S/C39H30N2/c1-2-9-27(10-3-1)28-18-20-30(21-19-28)41(32-13-8-24-40-26-32)31-12-6-11-29(25-31)33-22-23-38-35-15-5-4-14-34(35)37-17-7-16-36(33)39(37)38/h1-11,13-18,20,22-26,31H,12,19,21H2. The number of hydrogen-bond acceptors (Lipinski definition) is 2. The number of rotatable bonds is 5. The van der Waals surface area contributed by atoms with Gasteiger partial charge in [0, 0.05) is 11.9 Å². The lowest BCUT2D eigenvalue weighted by Gasteiger charge is -2.36. The molecule has 0 fully saturated rings. The molecule has 4 aromatic carbocycles. The fraction of sp³-hybridized carbons (Fsp3) is 0.103. The summed E-state index contributed by atoms with van der Waals surface area (Å²) >= 11 is 0. The molecule has 1 atom stereocenters. The Morgan fingerprint density at radius 3 is 2.22 bits per heavy atom. The number of allylic oxidation sites excluding steroid dienone is 6. The number of fused-ring (bicyclic) bond motifs is 3. The van der Waals surface area contributed by atoms with Gasteiger partial charge in [-0.1, -0.05) is 109 Å². The molecule has 1 aromatic heterocycles. The summed E-state index contributed by atoms with van der Waals surface area (Å²) in [5.74, 6) is 0. The lowest BCUT2D eigenvalue weighted by atomic mass is 9.89. The smallest absolute Gasteiger partial charge is 0.0600 e. The SMILES string of the molecule is C1=CC(c2ccc3c4c(cccc24)-c2ccccc2-3)=CC(N(C2=CC=C(c3ccccc3)CC2)c2cccnc2)C1. The van der Waals surface area contributed by atoms with Gasteiger partial charge in [0.15, 0.2) is 0 Å². The maximum atomic E-state index is 4.50. The number of nitrogens with zero attached hydrogens (tertiary/aromatic N) is 2. The first kappa shape index (κ1) is 23.9. The van der Waals surface area contributed by atoms with Crippen molar-refractivity contribution >= 4 is 27.6 Å². The molecule has 0 radical (unpaired) electrons. The summed E-state index contributed by atoms with van der Waals surface area (Å²) in [6, 6.07) is 35.4. The van der Waals surface area contributed by atoms with E-state index in [1.165, 1.54) is 61.0 Å². The van der Waals surface area contributed by atoms with Gasteiger partial charge >= 0.3 is 0 Å². The molecule has 1 heterocycles. The monoisotopic (exact) mass is 526 g/mol. The minimum absolute atomic E-state index is 0.206. The van der Waals surface area contributed by atoms with E-state index in [1.807, 2.05) is 18.5 Å². The summed E-state index contributed by atoms with van der Waals surface area (Å²) < 4.78 is 0. The summed E-state index contributed by atoms with van der Waals surface area (Å²) in [6.07, 6.45) is 18.6. The van der Waals surface area contributed by atoms with Crippen molar-refractivity contribution in [3.63, 3.8) is 0 Å². The van der Waals surface area contributed by atoms with Crippen molar-refractivity contribution in [3.8, 4) is 22.3 Å². The molecule has 3 aliphatic rings. The third-order valence-electron chi connectivity index (χ3n) is 8.74. The van der Waals surface area contributed by atoms with Gasteiger partial charge in [-0.15, -0.1) is 0 Å². The molecular weight excluding hydrogens is 496 g/mol. The highest BCUT2D eigenvalue weighted by atomic mass is 15.2. The molecule has 1 unspecified atom stereocenters. The van der Waals surface area contributed by atoms with Crippen molar-refractivity contribution in [1.82, 2.24) is 4.98 Å². The van der Waals surface area contributed by atoms with E-state index in [4.69, 9.17) is 0 Å². The normalized spacial score (nSPS) is 17.1. The predicted octanol–water partition coefficient (Wildman–Crippen LogP) is 9.86. The van der Waals surface area contributed by atoms with Crippen LogP contribution in [0.1, 0.15) is 30.4 Å². The Morgan fingerprint density at radius 1 is 0.659 bits per heavy atom. The molecule has 0 saturated carbocycles. The van der Waals surface area contributed by atoms with Crippen LogP contribution in [-0.2, 0) is 0 Å². The second-order valence-corrected chi connectivity index (χ2v) is 11.1. The van der Waals surface area contributed by atoms with E-state index in [1.54, 1.807) is 0 Å². The molecule has 196 valence electrons. The molecule has 3 aliphatic carbocycles. The quantitative estimate of drug-likeness (QED) is 0.222. The van der Waals surface area contributed by atoms with Gasteiger partial charge in [-0.3, -0.25) is 4.98 Å². The van der Waals surface area contributed by atoms with Crippen molar-refractivity contribution in [2.45, 2.75) is 25.3 Å². The first-order valence-corrected chi connectivity index (χ1v) is 14.5. The van der Waals surface area contributed by atoms with Crippen molar-refractivity contribution in [1.29, 1.82) is 0 Å². The van der Waals surface area contributed by atoms with E-state index in [0.717, 1.165) is 24.9 Å². The van der Waals surface area contributed by atoms with Crippen molar-refractivity contribution in [2.24, 2.45) is 0 Å². The maximum Gasteiger partial charge on any atom is 0.0600 e. The van der Waals surface area contributed by atoms with Gasteiger partial charge < -0.3 is 4.90 Å². The highest BCUT2D eigenvalue weighted by Crippen LogP contribution is 2.49. The molecule has 0 spiro atoms. The van der Waals surface area contributed by atoms with E-state index in [0.29, 0.717) is 0 Å². The second kappa shape index (κ2) is 9.91. The first-order chi connectivity index (χ1) is 20.3. The Labute approximate surface area is 241 Å². The number of benzene rings is 4. The van der Waals surface area contributed by atoms with E-state index in [9.17, 15) is 0 Å². The van der Waals surface area contributed by atoms with E-state index < -0.39 is 0 Å². The van der Waals surface area contributed by atoms with E-state index in [2.05, 4.69) is 131 Å². The van der Waals surface area contributed by atoms with Crippen LogP contribution < -0.4 is 4.90 Å². The van der Waals surface area contributed by atoms with Gasteiger partial charge in [0.05, 0.1) is 17.9 Å². The lowest BCUT2D eigenvalue weighted by Crippen LogP contribution is -2.34. The Hall–Kier alpha value is -4.95. The first-order valence-electron chi connectivity index (χ1n) is 14.5. The molecule has 0 saturated heterocycles. The highest BCUT2D eigenvalue weighted by Gasteiger charge is 2.26. The zero-order chi connectivity index (χ0) is 27.2. The number of aromatic nitrogens is 1. The zero-order valence-corrected chi connectivity index (χ0v) is 22.9. The lowest BCUT2D eigenvalue weighted by molar-refractivity contribution is 0.723. The number of pyridine rings is 1. The van der Waals surface area contributed by atoms with Crippen molar-refractivity contribution in [2.75, 3.05) is 4.90 Å². The van der Waals surface area contributed by atoms with Crippen LogP contribution in [0.4, 0.5) is 5.69 Å². The fourth-order valence-corrected chi connectivity index (χ4v) is 6.87. The minimum atomic E-state index is 0.206. The molecular formula is C39H30N2. The molecule has 2 nitrogen and oxygen atoms in total.